The topological polar surface area (TPSA) is 121 Å². The Morgan fingerprint density at radius 1 is 1.14 bits per heavy atom. The van der Waals surface area contributed by atoms with Gasteiger partial charge >= 0.3 is 6.09 Å². The van der Waals surface area contributed by atoms with Crippen LogP contribution in [0.3, 0.4) is 0 Å². The van der Waals surface area contributed by atoms with Gasteiger partial charge in [-0.05, 0) is 67.9 Å². The fourth-order valence-electron chi connectivity index (χ4n) is 7.23. The van der Waals surface area contributed by atoms with Gasteiger partial charge in [0.1, 0.15) is 11.9 Å². The lowest BCUT2D eigenvalue weighted by molar-refractivity contribution is -0.186. The van der Waals surface area contributed by atoms with Crippen molar-refractivity contribution in [2.24, 2.45) is 22.7 Å². The minimum absolute atomic E-state index is 0.0208. The molecule has 1 heterocycles. The van der Waals surface area contributed by atoms with Gasteiger partial charge in [0.05, 0.1) is 25.5 Å². The predicted octanol–water partition coefficient (Wildman–Crippen LogP) is 3.90. The first-order chi connectivity index (χ1) is 16.8. The van der Waals surface area contributed by atoms with E-state index in [0.717, 1.165) is 38.5 Å². The highest BCUT2D eigenvalue weighted by Gasteiger charge is 2.60. The summed E-state index contributed by atoms with van der Waals surface area (Å²) < 4.78 is 11.3. The SMILES string of the molecule is C[C@]1(CO)[C@H]2CC[C@@H](O)[C@@H](CC(=O)NCc3ccco3)[C@]2(C)CC[C@H]1OC(=O)NC1CCCCC1. The minimum Gasteiger partial charge on any atom is -0.467 e. The van der Waals surface area contributed by atoms with Crippen LogP contribution in [0.2, 0.25) is 0 Å². The van der Waals surface area contributed by atoms with Crippen LogP contribution >= 0.6 is 0 Å². The maximum atomic E-state index is 12.8. The smallest absolute Gasteiger partial charge is 0.407 e. The Labute approximate surface area is 208 Å². The number of aliphatic hydroxyl groups is 2. The Bertz CT molecular complexity index is 854. The average Bonchev–Trinajstić information content (AvgIpc) is 3.36. The number of ether oxygens (including phenoxy) is 1. The van der Waals surface area contributed by atoms with Gasteiger partial charge in [-0.3, -0.25) is 4.79 Å². The summed E-state index contributed by atoms with van der Waals surface area (Å²) >= 11 is 0. The maximum absolute atomic E-state index is 12.8. The quantitative estimate of drug-likeness (QED) is 0.460. The van der Waals surface area contributed by atoms with Crippen LogP contribution in [0.1, 0.15) is 83.8 Å². The molecule has 35 heavy (non-hydrogen) atoms. The van der Waals surface area contributed by atoms with Crippen molar-refractivity contribution in [3.8, 4) is 0 Å². The molecule has 6 atom stereocenters. The summed E-state index contributed by atoms with van der Waals surface area (Å²) in [7, 11) is 0. The summed E-state index contributed by atoms with van der Waals surface area (Å²) in [4.78, 5) is 25.5. The first-order valence-corrected chi connectivity index (χ1v) is 13.3. The van der Waals surface area contributed by atoms with E-state index in [0.29, 0.717) is 25.1 Å². The zero-order chi connectivity index (χ0) is 25.1. The van der Waals surface area contributed by atoms with Crippen molar-refractivity contribution in [1.82, 2.24) is 10.6 Å². The van der Waals surface area contributed by atoms with Crippen molar-refractivity contribution in [3.05, 3.63) is 24.2 Å². The van der Waals surface area contributed by atoms with Crippen LogP contribution < -0.4 is 10.6 Å². The highest BCUT2D eigenvalue weighted by molar-refractivity contribution is 5.76. The number of rotatable bonds is 7. The third kappa shape index (κ3) is 5.53. The van der Waals surface area contributed by atoms with Gasteiger partial charge in [-0.1, -0.05) is 33.1 Å². The Morgan fingerprint density at radius 2 is 1.91 bits per heavy atom. The molecule has 1 aromatic rings. The molecular weight excluding hydrogens is 448 g/mol. The molecule has 0 unspecified atom stereocenters. The van der Waals surface area contributed by atoms with E-state index >= 15 is 0 Å². The summed E-state index contributed by atoms with van der Waals surface area (Å²) in [5.74, 6) is 0.347. The monoisotopic (exact) mass is 490 g/mol. The van der Waals surface area contributed by atoms with E-state index in [1.807, 2.05) is 13.0 Å². The molecule has 3 saturated carbocycles. The van der Waals surface area contributed by atoms with Crippen LogP contribution in [0.25, 0.3) is 0 Å². The number of hydrogen-bond donors (Lipinski definition) is 4. The van der Waals surface area contributed by atoms with Gasteiger partial charge in [-0.15, -0.1) is 0 Å². The number of aliphatic hydroxyl groups excluding tert-OH is 2. The molecule has 8 nitrogen and oxygen atoms in total. The number of fused-ring (bicyclic) bond motifs is 1. The Morgan fingerprint density at radius 3 is 2.60 bits per heavy atom. The zero-order valence-electron chi connectivity index (χ0n) is 21.1. The van der Waals surface area contributed by atoms with Crippen molar-refractivity contribution in [2.75, 3.05) is 6.61 Å². The molecular formula is C27H42N2O6. The number of carbonyl (C=O) groups excluding carboxylic acids is 2. The average molecular weight is 491 g/mol. The second-order valence-corrected chi connectivity index (χ2v) is 11.4. The highest BCUT2D eigenvalue weighted by atomic mass is 16.6. The van der Waals surface area contributed by atoms with Gasteiger partial charge in [-0.2, -0.15) is 0 Å². The van der Waals surface area contributed by atoms with Gasteiger partial charge in [0.2, 0.25) is 5.91 Å². The standard InChI is InChI=1S/C27H42N2O6/c1-26-13-12-23(35-25(33)29-18-7-4-3-5-8-18)27(2,17-30)22(26)11-10-21(31)20(26)15-24(32)28-16-19-9-6-14-34-19/h6,9,14,18,20-23,30-31H,3-5,7-8,10-13,15-17H2,1-2H3,(H,28,32)(H,29,33)/t20-,21-,22+,23-,26+,27+/m1/s1. The van der Waals surface area contributed by atoms with Gasteiger partial charge in [0.15, 0.2) is 0 Å². The summed E-state index contributed by atoms with van der Waals surface area (Å²) in [5.41, 5.74) is -0.989. The molecule has 3 aliphatic carbocycles. The third-order valence-corrected chi connectivity index (χ3v) is 9.30. The molecule has 8 heteroatoms. The number of furan rings is 1. The molecule has 0 saturated heterocycles. The van der Waals surface area contributed by atoms with E-state index in [2.05, 4.69) is 17.6 Å². The molecule has 2 amide bonds. The summed E-state index contributed by atoms with van der Waals surface area (Å²) in [5, 5.41) is 27.5. The zero-order valence-corrected chi connectivity index (χ0v) is 21.1. The van der Waals surface area contributed by atoms with Crippen molar-refractivity contribution in [1.29, 1.82) is 0 Å². The van der Waals surface area contributed by atoms with Gasteiger partial charge in [-0.25, -0.2) is 4.79 Å². The number of hydrogen-bond acceptors (Lipinski definition) is 6. The molecule has 196 valence electrons. The van der Waals surface area contributed by atoms with E-state index < -0.39 is 23.7 Å². The largest absolute Gasteiger partial charge is 0.467 e. The van der Waals surface area contributed by atoms with Crippen LogP contribution in [0.4, 0.5) is 4.79 Å². The first kappa shape index (κ1) is 26.0. The number of alkyl carbamates (subject to hydrolysis) is 1. The van der Waals surface area contributed by atoms with Crippen LogP contribution in [0, 0.1) is 22.7 Å². The lowest BCUT2D eigenvalue weighted by atomic mass is 9.46. The Kier molecular flexibility index (Phi) is 8.11. The summed E-state index contributed by atoms with van der Waals surface area (Å²) in [6.07, 6.45) is 8.45. The van der Waals surface area contributed by atoms with E-state index in [4.69, 9.17) is 9.15 Å². The Hall–Kier alpha value is -2.06. The van der Waals surface area contributed by atoms with Crippen LogP contribution in [-0.2, 0) is 16.1 Å². The molecule has 1 aromatic heterocycles. The van der Waals surface area contributed by atoms with Crippen molar-refractivity contribution >= 4 is 12.0 Å². The molecule has 4 rings (SSSR count). The van der Waals surface area contributed by atoms with Crippen molar-refractivity contribution in [3.63, 3.8) is 0 Å². The fourth-order valence-corrected chi connectivity index (χ4v) is 7.23. The summed E-state index contributed by atoms with van der Waals surface area (Å²) in [6, 6.07) is 3.76. The van der Waals surface area contributed by atoms with E-state index in [9.17, 15) is 19.8 Å². The number of amides is 2. The third-order valence-electron chi connectivity index (χ3n) is 9.30. The first-order valence-electron chi connectivity index (χ1n) is 13.3. The van der Waals surface area contributed by atoms with Gasteiger partial charge < -0.3 is 30.0 Å². The molecule has 3 aliphatic rings. The normalized spacial score (nSPS) is 35.7. The molecule has 4 N–H and O–H groups in total. The van der Waals surface area contributed by atoms with E-state index in [-0.39, 0.29) is 42.2 Å². The lowest BCUT2D eigenvalue weighted by Gasteiger charge is -2.60. The number of nitrogens with one attached hydrogen (secondary N) is 2. The Balaban J connectivity index is 1.43. The number of carbonyl (C=O) groups is 2. The second kappa shape index (κ2) is 10.9. The second-order valence-electron chi connectivity index (χ2n) is 11.4. The molecule has 0 bridgehead atoms. The lowest BCUT2D eigenvalue weighted by Crippen LogP contribution is -2.61. The highest BCUT2D eigenvalue weighted by Crippen LogP contribution is 2.61. The molecule has 0 spiro atoms. The molecule has 3 fully saturated rings. The predicted molar refractivity (Wildman–Crippen MR) is 130 cm³/mol. The molecule has 0 radical (unpaired) electrons. The summed E-state index contributed by atoms with van der Waals surface area (Å²) in [6.45, 7) is 4.34. The van der Waals surface area contributed by atoms with Gasteiger partial charge in [0, 0.05) is 17.9 Å². The maximum Gasteiger partial charge on any atom is 0.407 e. The van der Waals surface area contributed by atoms with Crippen LogP contribution in [0.5, 0.6) is 0 Å². The fraction of sp³-hybridized carbons (Fsp3) is 0.778. The van der Waals surface area contributed by atoms with Gasteiger partial charge in [0.25, 0.3) is 0 Å². The van der Waals surface area contributed by atoms with E-state index in [1.165, 1.54) is 6.42 Å². The minimum atomic E-state index is -0.639. The molecule has 0 aliphatic heterocycles. The van der Waals surface area contributed by atoms with Crippen LogP contribution in [-0.4, -0.2) is 47.1 Å². The van der Waals surface area contributed by atoms with Crippen molar-refractivity contribution in [2.45, 2.75) is 103 Å². The van der Waals surface area contributed by atoms with Crippen LogP contribution in [0.15, 0.2) is 22.8 Å². The van der Waals surface area contributed by atoms with E-state index in [1.54, 1.807) is 12.3 Å². The van der Waals surface area contributed by atoms with Crippen molar-refractivity contribution < 1.29 is 29.0 Å². The molecule has 0 aromatic carbocycles.